The van der Waals surface area contributed by atoms with E-state index >= 15 is 0 Å². The maximum absolute atomic E-state index is 13.5. The number of carbonyl (C=O) groups is 1. The van der Waals surface area contributed by atoms with E-state index in [0.29, 0.717) is 11.8 Å². The number of halogens is 2. The number of hydrogen-bond acceptors (Lipinski definition) is 2. The van der Waals surface area contributed by atoms with Crippen LogP contribution in [0.4, 0.5) is 10.1 Å². The molecule has 2 aliphatic carbocycles. The number of benzene rings is 1. The van der Waals surface area contributed by atoms with Crippen LogP contribution in [-0.4, -0.2) is 18.5 Å². The standard InChI is InChI=1S/C19H25FN2O.ClH/c20-16-6-7-17-12(11-16)5-2-8-22(17)19(23)15-9-13-3-1-4-14(10-15)18(13)21;/h6-7,11,13-15,18H,1-5,8-10,21H2;1H. The maximum atomic E-state index is 13.5. The third kappa shape index (κ3) is 3.06. The van der Waals surface area contributed by atoms with Crippen LogP contribution in [-0.2, 0) is 11.2 Å². The molecular weight excluding hydrogens is 327 g/mol. The fourth-order valence-corrected chi connectivity index (χ4v) is 5.01. The van der Waals surface area contributed by atoms with E-state index in [1.54, 1.807) is 12.1 Å². The quantitative estimate of drug-likeness (QED) is 0.838. The minimum absolute atomic E-state index is 0. The van der Waals surface area contributed by atoms with Crippen LogP contribution in [0.5, 0.6) is 0 Å². The van der Waals surface area contributed by atoms with Crippen LogP contribution < -0.4 is 10.6 Å². The monoisotopic (exact) mass is 352 g/mol. The largest absolute Gasteiger partial charge is 0.327 e. The van der Waals surface area contributed by atoms with E-state index < -0.39 is 0 Å². The minimum Gasteiger partial charge on any atom is -0.327 e. The lowest BCUT2D eigenvalue weighted by atomic mass is 9.65. The Kier molecular flexibility index (Phi) is 5.16. The molecular formula is C19H26ClFN2O. The Balaban J connectivity index is 0.00000169. The number of anilines is 1. The summed E-state index contributed by atoms with van der Waals surface area (Å²) in [6.45, 7) is 0.759. The Morgan fingerprint density at radius 1 is 1.17 bits per heavy atom. The molecule has 2 N–H and O–H groups in total. The zero-order valence-corrected chi connectivity index (χ0v) is 14.7. The van der Waals surface area contributed by atoms with E-state index in [-0.39, 0.29) is 36.1 Å². The molecule has 1 amide bonds. The summed E-state index contributed by atoms with van der Waals surface area (Å²) >= 11 is 0. The van der Waals surface area contributed by atoms with Crippen LogP contribution in [0.2, 0.25) is 0 Å². The maximum Gasteiger partial charge on any atom is 0.230 e. The second-order valence-electron chi connectivity index (χ2n) is 7.56. The molecule has 1 heterocycles. The topological polar surface area (TPSA) is 46.3 Å². The summed E-state index contributed by atoms with van der Waals surface area (Å²) < 4.78 is 13.5. The number of nitrogens with zero attached hydrogens (tertiary/aromatic N) is 1. The molecule has 132 valence electrons. The summed E-state index contributed by atoms with van der Waals surface area (Å²) in [5.74, 6) is 1.14. The molecule has 2 unspecified atom stereocenters. The number of carbonyl (C=O) groups excluding carboxylic acids is 1. The van der Waals surface area contributed by atoms with Crippen molar-refractivity contribution in [2.45, 2.75) is 51.0 Å². The second kappa shape index (κ2) is 7.01. The fourth-order valence-electron chi connectivity index (χ4n) is 5.01. The van der Waals surface area contributed by atoms with E-state index in [4.69, 9.17) is 5.73 Å². The van der Waals surface area contributed by atoms with E-state index in [1.807, 2.05) is 4.90 Å². The van der Waals surface area contributed by atoms with E-state index in [0.717, 1.165) is 43.5 Å². The summed E-state index contributed by atoms with van der Waals surface area (Å²) in [6, 6.07) is 5.11. The highest BCUT2D eigenvalue weighted by molar-refractivity contribution is 5.96. The molecule has 3 nitrogen and oxygen atoms in total. The van der Waals surface area contributed by atoms with Crippen molar-refractivity contribution in [1.29, 1.82) is 0 Å². The lowest BCUT2D eigenvalue weighted by molar-refractivity contribution is -0.125. The van der Waals surface area contributed by atoms with Crippen LogP contribution in [0, 0.1) is 23.6 Å². The summed E-state index contributed by atoms with van der Waals surface area (Å²) in [6.07, 6.45) is 7.24. The summed E-state index contributed by atoms with van der Waals surface area (Å²) in [5.41, 5.74) is 8.24. The smallest absolute Gasteiger partial charge is 0.230 e. The van der Waals surface area contributed by atoms with E-state index in [9.17, 15) is 9.18 Å². The number of hydrogen-bond donors (Lipinski definition) is 1. The minimum atomic E-state index is -0.212. The summed E-state index contributed by atoms with van der Waals surface area (Å²) in [5, 5.41) is 0. The van der Waals surface area contributed by atoms with Crippen LogP contribution in [0.3, 0.4) is 0 Å². The van der Waals surface area contributed by atoms with E-state index in [2.05, 4.69) is 0 Å². The third-order valence-electron chi connectivity index (χ3n) is 6.19. The highest BCUT2D eigenvalue weighted by Crippen LogP contribution is 2.43. The van der Waals surface area contributed by atoms with Crippen LogP contribution >= 0.6 is 12.4 Å². The summed E-state index contributed by atoms with van der Waals surface area (Å²) in [7, 11) is 0. The first-order chi connectivity index (χ1) is 11.1. The van der Waals surface area contributed by atoms with Gasteiger partial charge in [-0.05, 0) is 74.1 Å². The van der Waals surface area contributed by atoms with Gasteiger partial charge in [0.2, 0.25) is 5.91 Å². The lowest BCUT2D eigenvalue weighted by Crippen LogP contribution is -2.50. The molecule has 5 heteroatoms. The van der Waals surface area contributed by atoms with Gasteiger partial charge in [-0.15, -0.1) is 12.4 Å². The Morgan fingerprint density at radius 3 is 2.58 bits per heavy atom. The van der Waals surface area contributed by atoms with Gasteiger partial charge in [-0.1, -0.05) is 6.42 Å². The SMILES string of the molecule is Cl.NC1C2CCCC1CC(C(=O)N1CCCc3cc(F)ccc31)C2. The van der Waals surface area contributed by atoms with Gasteiger partial charge in [0.15, 0.2) is 0 Å². The number of aryl methyl sites for hydroxylation is 1. The van der Waals surface area contributed by atoms with Crippen LogP contribution in [0.25, 0.3) is 0 Å². The molecule has 2 atom stereocenters. The first kappa shape index (κ1) is 17.7. The predicted octanol–water partition coefficient (Wildman–Crippen LogP) is 3.68. The highest BCUT2D eigenvalue weighted by Gasteiger charge is 2.42. The molecule has 2 bridgehead atoms. The number of amides is 1. The predicted molar refractivity (Wildman–Crippen MR) is 95.9 cm³/mol. The van der Waals surface area contributed by atoms with E-state index in [1.165, 1.54) is 25.3 Å². The van der Waals surface area contributed by atoms with Gasteiger partial charge >= 0.3 is 0 Å². The van der Waals surface area contributed by atoms with Crippen molar-refractivity contribution in [3.63, 3.8) is 0 Å². The van der Waals surface area contributed by atoms with Gasteiger partial charge in [-0.25, -0.2) is 4.39 Å². The molecule has 0 spiro atoms. The highest BCUT2D eigenvalue weighted by atomic mass is 35.5. The molecule has 0 aromatic heterocycles. The lowest BCUT2D eigenvalue weighted by Gasteiger charge is -2.45. The van der Waals surface area contributed by atoms with Gasteiger partial charge in [0, 0.05) is 24.2 Å². The Morgan fingerprint density at radius 2 is 1.88 bits per heavy atom. The molecule has 3 aliphatic rings. The van der Waals surface area contributed by atoms with Crippen molar-refractivity contribution in [3.05, 3.63) is 29.6 Å². The van der Waals surface area contributed by atoms with Crippen molar-refractivity contribution in [2.24, 2.45) is 23.5 Å². The molecule has 24 heavy (non-hydrogen) atoms. The molecule has 2 fully saturated rings. The zero-order valence-electron chi connectivity index (χ0n) is 13.9. The third-order valence-corrected chi connectivity index (χ3v) is 6.19. The zero-order chi connectivity index (χ0) is 16.0. The van der Waals surface area contributed by atoms with Gasteiger partial charge in [0.05, 0.1) is 0 Å². The van der Waals surface area contributed by atoms with Gasteiger partial charge in [0.25, 0.3) is 0 Å². The van der Waals surface area contributed by atoms with Gasteiger partial charge in [0.1, 0.15) is 5.82 Å². The van der Waals surface area contributed by atoms with Gasteiger partial charge in [-0.3, -0.25) is 4.79 Å². The van der Waals surface area contributed by atoms with Crippen molar-refractivity contribution >= 4 is 24.0 Å². The van der Waals surface area contributed by atoms with Crippen molar-refractivity contribution in [3.8, 4) is 0 Å². The van der Waals surface area contributed by atoms with Crippen LogP contribution in [0.15, 0.2) is 18.2 Å². The second-order valence-corrected chi connectivity index (χ2v) is 7.56. The normalized spacial score (nSPS) is 31.8. The average molecular weight is 353 g/mol. The van der Waals surface area contributed by atoms with Crippen LogP contribution in [0.1, 0.15) is 44.1 Å². The number of fused-ring (bicyclic) bond motifs is 3. The molecule has 0 saturated heterocycles. The van der Waals surface area contributed by atoms with Gasteiger partial charge < -0.3 is 10.6 Å². The van der Waals surface area contributed by atoms with Crippen molar-refractivity contribution in [1.82, 2.24) is 0 Å². The van der Waals surface area contributed by atoms with Crippen molar-refractivity contribution < 1.29 is 9.18 Å². The summed E-state index contributed by atoms with van der Waals surface area (Å²) in [4.78, 5) is 15.0. The Bertz CT molecular complexity index is 609. The fraction of sp³-hybridized carbons (Fsp3) is 0.632. The number of nitrogens with two attached hydrogens (primary N) is 1. The molecule has 1 aromatic carbocycles. The first-order valence-corrected chi connectivity index (χ1v) is 8.99. The average Bonchev–Trinajstić information content (AvgIpc) is 2.53. The molecule has 1 aliphatic heterocycles. The molecule has 1 aromatic rings. The van der Waals surface area contributed by atoms with Crippen molar-refractivity contribution in [2.75, 3.05) is 11.4 Å². The molecule has 4 rings (SSSR count). The first-order valence-electron chi connectivity index (χ1n) is 8.99. The number of rotatable bonds is 1. The Labute approximate surface area is 149 Å². The molecule has 2 saturated carbocycles. The molecule has 0 radical (unpaired) electrons. The van der Waals surface area contributed by atoms with Gasteiger partial charge in [-0.2, -0.15) is 0 Å². The Hall–Kier alpha value is -1.13.